The van der Waals surface area contributed by atoms with Crippen LogP contribution in [0.15, 0.2) is 24.3 Å². The molecule has 4 amide bonds. The summed E-state index contributed by atoms with van der Waals surface area (Å²) in [5.74, 6) is -1.67. The van der Waals surface area contributed by atoms with Crippen molar-refractivity contribution in [3.05, 3.63) is 29.8 Å². The van der Waals surface area contributed by atoms with E-state index in [0.29, 0.717) is 24.2 Å². The maximum absolute atomic E-state index is 12.4. The van der Waals surface area contributed by atoms with Gasteiger partial charge in [0.1, 0.15) is 5.75 Å². The Hall–Kier alpha value is -2.70. The normalized spacial score (nSPS) is 18.6. The highest BCUT2D eigenvalue weighted by atomic mass is 16.5. The molecule has 126 valence electrons. The molecular weight excluding hydrogens is 312 g/mol. The minimum Gasteiger partial charge on any atom is -0.497 e. The number of urea groups is 1. The first-order chi connectivity index (χ1) is 11.5. The molecule has 0 aromatic heterocycles. The van der Waals surface area contributed by atoms with Crippen LogP contribution in [0.25, 0.3) is 0 Å². The van der Waals surface area contributed by atoms with Gasteiger partial charge in [-0.15, -0.1) is 0 Å². The van der Waals surface area contributed by atoms with E-state index >= 15 is 0 Å². The Balaban J connectivity index is 1.76. The van der Waals surface area contributed by atoms with Crippen LogP contribution >= 0.6 is 0 Å². The number of hydrogen-bond donors (Lipinski definition) is 0. The van der Waals surface area contributed by atoms with Gasteiger partial charge in [0.15, 0.2) is 5.78 Å². The van der Waals surface area contributed by atoms with Crippen LogP contribution in [0, 0.1) is 0 Å². The molecule has 24 heavy (non-hydrogen) atoms. The third-order valence-corrected chi connectivity index (χ3v) is 4.47. The molecule has 1 saturated carbocycles. The lowest BCUT2D eigenvalue weighted by Gasteiger charge is -2.20. The summed E-state index contributed by atoms with van der Waals surface area (Å²) >= 11 is 0. The van der Waals surface area contributed by atoms with Crippen molar-refractivity contribution >= 4 is 23.6 Å². The molecule has 1 aliphatic heterocycles. The highest BCUT2D eigenvalue weighted by molar-refractivity contribution is 6.45. The van der Waals surface area contributed by atoms with Gasteiger partial charge >= 0.3 is 17.8 Å². The van der Waals surface area contributed by atoms with E-state index in [-0.39, 0.29) is 6.04 Å². The zero-order valence-electron chi connectivity index (χ0n) is 13.4. The molecule has 0 N–H and O–H groups in total. The van der Waals surface area contributed by atoms with Crippen molar-refractivity contribution in [2.45, 2.75) is 31.7 Å². The molecule has 1 heterocycles. The summed E-state index contributed by atoms with van der Waals surface area (Å²) < 4.78 is 5.06. The van der Waals surface area contributed by atoms with E-state index in [0.717, 1.165) is 22.6 Å². The molecule has 2 aliphatic rings. The fourth-order valence-electron chi connectivity index (χ4n) is 3.18. The van der Waals surface area contributed by atoms with E-state index < -0.39 is 30.2 Å². The number of ether oxygens (including phenoxy) is 1. The molecule has 7 heteroatoms. The summed E-state index contributed by atoms with van der Waals surface area (Å²) in [6, 6.07) is 5.53. The maximum Gasteiger partial charge on any atom is 0.334 e. The summed E-state index contributed by atoms with van der Waals surface area (Å²) in [6.07, 6.45) is 3.28. The Morgan fingerprint density at radius 2 is 1.88 bits per heavy atom. The predicted molar refractivity (Wildman–Crippen MR) is 83.5 cm³/mol. The number of rotatable bonds is 5. The second-order valence-electron chi connectivity index (χ2n) is 5.94. The predicted octanol–water partition coefficient (Wildman–Crippen LogP) is 1.61. The highest BCUT2D eigenvalue weighted by Crippen LogP contribution is 2.28. The van der Waals surface area contributed by atoms with E-state index in [1.807, 2.05) is 0 Å². The number of carbonyl (C=O) groups is 4. The van der Waals surface area contributed by atoms with Gasteiger partial charge in [-0.05, 0) is 25.0 Å². The topological polar surface area (TPSA) is 84.0 Å². The number of ketones is 1. The van der Waals surface area contributed by atoms with Crippen molar-refractivity contribution in [1.82, 2.24) is 9.80 Å². The number of hydrogen-bond acceptors (Lipinski definition) is 5. The van der Waals surface area contributed by atoms with E-state index in [2.05, 4.69) is 0 Å². The molecule has 1 aliphatic carbocycles. The van der Waals surface area contributed by atoms with Crippen LogP contribution in [-0.4, -0.2) is 53.1 Å². The van der Waals surface area contributed by atoms with Crippen molar-refractivity contribution in [1.29, 1.82) is 0 Å². The minimum atomic E-state index is -0.928. The molecule has 7 nitrogen and oxygen atoms in total. The van der Waals surface area contributed by atoms with Gasteiger partial charge in [-0.2, -0.15) is 0 Å². The number of amides is 4. The van der Waals surface area contributed by atoms with E-state index in [9.17, 15) is 19.2 Å². The Kier molecular flexibility index (Phi) is 4.33. The van der Waals surface area contributed by atoms with Crippen LogP contribution in [0.4, 0.5) is 4.79 Å². The summed E-state index contributed by atoms with van der Waals surface area (Å²) in [7, 11) is 1.48. The average molecular weight is 330 g/mol. The van der Waals surface area contributed by atoms with Crippen LogP contribution in [0.2, 0.25) is 0 Å². The summed E-state index contributed by atoms with van der Waals surface area (Å²) in [5, 5.41) is 0. The van der Waals surface area contributed by atoms with Gasteiger partial charge in [-0.25, -0.2) is 9.69 Å². The quantitative estimate of drug-likeness (QED) is 0.465. The van der Waals surface area contributed by atoms with Crippen LogP contribution in [-0.2, 0) is 9.59 Å². The SMILES string of the molecule is COc1cccc(C(=O)CN2C(=O)C(=O)N(C3CCCC3)C2=O)c1. The van der Waals surface area contributed by atoms with Gasteiger partial charge in [-0.3, -0.25) is 19.3 Å². The number of nitrogens with zero attached hydrogens (tertiary/aromatic N) is 2. The largest absolute Gasteiger partial charge is 0.497 e. The second-order valence-corrected chi connectivity index (χ2v) is 5.94. The van der Waals surface area contributed by atoms with Crippen molar-refractivity contribution in [3.63, 3.8) is 0 Å². The number of benzene rings is 1. The van der Waals surface area contributed by atoms with Gasteiger partial charge in [-0.1, -0.05) is 25.0 Å². The van der Waals surface area contributed by atoms with E-state index in [4.69, 9.17) is 4.74 Å². The molecule has 0 spiro atoms. The molecule has 0 bridgehead atoms. The fraction of sp³-hybridized carbons (Fsp3) is 0.412. The Labute approximate surface area is 139 Å². The van der Waals surface area contributed by atoms with Gasteiger partial charge in [0.25, 0.3) is 0 Å². The second kappa shape index (κ2) is 6.43. The molecule has 0 radical (unpaired) electrons. The van der Waals surface area contributed by atoms with E-state index in [1.165, 1.54) is 13.2 Å². The molecule has 1 aromatic carbocycles. The summed E-state index contributed by atoms with van der Waals surface area (Å²) in [4.78, 5) is 50.8. The number of imide groups is 2. The van der Waals surface area contributed by atoms with Gasteiger partial charge in [0.2, 0.25) is 0 Å². The lowest BCUT2D eigenvalue weighted by atomic mass is 10.1. The number of Topliss-reactive ketones (excluding diaryl/α,β-unsaturated/α-hetero) is 1. The maximum atomic E-state index is 12.4. The lowest BCUT2D eigenvalue weighted by Crippen LogP contribution is -2.41. The van der Waals surface area contributed by atoms with Crippen molar-refractivity contribution < 1.29 is 23.9 Å². The standard InChI is InChI=1S/C17H18N2O5/c1-24-13-8-4-5-11(9-13)14(20)10-18-15(21)16(22)19(17(18)23)12-6-2-3-7-12/h4-5,8-9,12H,2-3,6-7,10H2,1H3. The van der Waals surface area contributed by atoms with E-state index in [1.54, 1.807) is 18.2 Å². The molecule has 2 fully saturated rings. The molecule has 1 saturated heterocycles. The first-order valence-electron chi connectivity index (χ1n) is 7.89. The molecular formula is C17H18N2O5. The van der Waals surface area contributed by atoms with Crippen molar-refractivity contribution in [3.8, 4) is 5.75 Å². The Bertz CT molecular complexity index is 709. The van der Waals surface area contributed by atoms with Crippen molar-refractivity contribution in [2.75, 3.05) is 13.7 Å². The first kappa shape index (κ1) is 16.2. The van der Waals surface area contributed by atoms with Crippen LogP contribution in [0.5, 0.6) is 5.75 Å². The Morgan fingerprint density at radius 1 is 1.17 bits per heavy atom. The molecule has 3 rings (SSSR count). The number of carbonyl (C=O) groups excluding carboxylic acids is 4. The third-order valence-electron chi connectivity index (χ3n) is 4.47. The molecule has 1 aromatic rings. The van der Waals surface area contributed by atoms with Gasteiger partial charge in [0, 0.05) is 11.6 Å². The number of methoxy groups -OCH3 is 1. The van der Waals surface area contributed by atoms with Crippen LogP contribution < -0.4 is 4.74 Å². The smallest absolute Gasteiger partial charge is 0.334 e. The van der Waals surface area contributed by atoms with Crippen LogP contribution in [0.1, 0.15) is 36.0 Å². The summed E-state index contributed by atoms with van der Waals surface area (Å²) in [6.45, 7) is -0.445. The molecule has 0 unspecified atom stereocenters. The fourth-order valence-corrected chi connectivity index (χ4v) is 3.18. The monoisotopic (exact) mass is 330 g/mol. The minimum absolute atomic E-state index is 0.231. The third kappa shape index (κ3) is 2.77. The first-order valence-corrected chi connectivity index (χ1v) is 7.89. The van der Waals surface area contributed by atoms with Crippen molar-refractivity contribution in [2.24, 2.45) is 0 Å². The Morgan fingerprint density at radius 3 is 2.54 bits per heavy atom. The average Bonchev–Trinajstić information content (AvgIpc) is 3.18. The summed E-state index contributed by atoms with van der Waals surface area (Å²) in [5.41, 5.74) is 0.321. The molecule has 0 atom stereocenters. The zero-order valence-corrected chi connectivity index (χ0v) is 13.4. The zero-order chi connectivity index (χ0) is 17.3. The lowest BCUT2D eigenvalue weighted by molar-refractivity contribution is -0.143. The highest BCUT2D eigenvalue weighted by Gasteiger charge is 2.48. The van der Waals surface area contributed by atoms with Gasteiger partial charge in [0.05, 0.1) is 13.7 Å². The van der Waals surface area contributed by atoms with Crippen LogP contribution in [0.3, 0.4) is 0 Å². The van der Waals surface area contributed by atoms with Gasteiger partial charge < -0.3 is 4.74 Å².